The second kappa shape index (κ2) is 6.02. The van der Waals surface area contributed by atoms with E-state index in [2.05, 4.69) is 5.10 Å². The summed E-state index contributed by atoms with van der Waals surface area (Å²) in [5, 5.41) is 4.19. The SMILES string of the molecule is CCn1cc(C(N)CSc2cccc(F)c2)cn1. The molecule has 0 saturated carbocycles. The molecule has 0 aliphatic carbocycles. The van der Waals surface area contributed by atoms with Gasteiger partial charge >= 0.3 is 0 Å². The van der Waals surface area contributed by atoms with Crippen molar-refractivity contribution in [2.45, 2.75) is 24.4 Å². The molecule has 1 heterocycles. The maximum atomic E-state index is 13.0. The second-order valence-electron chi connectivity index (χ2n) is 4.00. The van der Waals surface area contributed by atoms with Crippen LogP contribution in [0.3, 0.4) is 0 Å². The minimum atomic E-state index is -0.215. The van der Waals surface area contributed by atoms with Gasteiger partial charge in [0.25, 0.3) is 0 Å². The number of halogens is 1. The van der Waals surface area contributed by atoms with E-state index in [-0.39, 0.29) is 11.9 Å². The highest BCUT2D eigenvalue weighted by Crippen LogP contribution is 2.23. The van der Waals surface area contributed by atoms with Crippen LogP contribution in [0.4, 0.5) is 4.39 Å². The van der Waals surface area contributed by atoms with Crippen LogP contribution in [0.15, 0.2) is 41.6 Å². The summed E-state index contributed by atoms with van der Waals surface area (Å²) in [6, 6.07) is 6.47. The van der Waals surface area contributed by atoms with Crippen molar-refractivity contribution < 1.29 is 4.39 Å². The van der Waals surface area contributed by atoms with Crippen LogP contribution in [0.1, 0.15) is 18.5 Å². The molecule has 0 saturated heterocycles. The number of benzene rings is 1. The average molecular weight is 265 g/mol. The fourth-order valence-corrected chi connectivity index (χ4v) is 2.52. The smallest absolute Gasteiger partial charge is 0.124 e. The van der Waals surface area contributed by atoms with Crippen molar-refractivity contribution >= 4 is 11.8 Å². The van der Waals surface area contributed by atoms with E-state index in [1.54, 1.807) is 24.0 Å². The maximum absolute atomic E-state index is 13.0. The van der Waals surface area contributed by atoms with Gasteiger partial charge in [-0.1, -0.05) is 6.07 Å². The number of aromatic nitrogens is 2. The fourth-order valence-electron chi connectivity index (χ4n) is 1.58. The molecular formula is C13H16FN3S. The highest BCUT2D eigenvalue weighted by molar-refractivity contribution is 7.99. The fraction of sp³-hybridized carbons (Fsp3) is 0.308. The first-order valence-electron chi connectivity index (χ1n) is 5.85. The van der Waals surface area contributed by atoms with Crippen molar-refractivity contribution in [1.29, 1.82) is 0 Å². The first-order valence-corrected chi connectivity index (χ1v) is 6.84. The average Bonchev–Trinajstić information content (AvgIpc) is 2.85. The third-order valence-corrected chi connectivity index (χ3v) is 3.74. The van der Waals surface area contributed by atoms with Gasteiger partial charge in [0.05, 0.1) is 6.20 Å². The van der Waals surface area contributed by atoms with Crippen LogP contribution in [-0.2, 0) is 6.54 Å². The van der Waals surface area contributed by atoms with E-state index in [0.29, 0.717) is 5.75 Å². The van der Waals surface area contributed by atoms with Crippen LogP contribution in [-0.4, -0.2) is 15.5 Å². The Morgan fingerprint density at radius 3 is 3.00 bits per heavy atom. The molecule has 18 heavy (non-hydrogen) atoms. The van der Waals surface area contributed by atoms with E-state index in [1.807, 2.05) is 23.9 Å². The van der Waals surface area contributed by atoms with Gasteiger partial charge in [-0.05, 0) is 25.1 Å². The zero-order valence-electron chi connectivity index (χ0n) is 10.2. The minimum absolute atomic E-state index is 0.0847. The van der Waals surface area contributed by atoms with E-state index < -0.39 is 0 Å². The van der Waals surface area contributed by atoms with Gasteiger partial charge in [0.15, 0.2) is 0 Å². The number of hydrogen-bond donors (Lipinski definition) is 1. The molecule has 0 bridgehead atoms. The third-order valence-electron chi connectivity index (χ3n) is 2.63. The summed E-state index contributed by atoms with van der Waals surface area (Å²) < 4.78 is 14.9. The molecule has 96 valence electrons. The van der Waals surface area contributed by atoms with Gasteiger partial charge in [-0.25, -0.2) is 4.39 Å². The molecule has 0 fully saturated rings. The summed E-state index contributed by atoms with van der Waals surface area (Å²) in [5.41, 5.74) is 7.10. The monoisotopic (exact) mass is 265 g/mol. The molecule has 1 aromatic heterocycles. The van der Waals surface area contributed by atoms with Crippen LogP contribution in [0.2, 0.25) is 0 Å². The van der Waals surface area contributed by atoms with Crippen molar-refractivity contribution in [3.63, 3.8) is 0 Å². The Labute approximate surface area is 110 Å². The standard InChI is InChI=1S/C13H16FN3S/c1-2-17-8-10(7-16-17)13(15)9-18-12-5-3-4-11(14)6-12/h3-8,13H,2,9,15H2,1H3. The normalized spacial score (nSPS) is 12.6. The summed E-state index contributed by atoms with van der Waals surface area (Å²) in [4.78, 5) is 0.897. The quantitative estimate of drug-likeness (QED) is 0.845. The van der Waals surface area contributed by atoms with Crippen molar-refractivity contribution in [2.24, 2.45) is 5.73 Å². The minimum Gasteiger partial charge on any atom is -0.323 e. The van der Waals surface area contributed by atoms with Gasteiger partial charge < -0.3 is 5.73 Å². The number of nitrogens with two attached hydrogens (primary N) is 1. The van der Waals surface area contributed by atoms with E-state index in [0.717, 1.165) is 17.0 Å². The molecule has 0 radical (unpaired) electrons. The lowest BCUT2D eigenvalue weighted by atomic mass is 10.2. The lowest BCUT2D eigenvalue weighted by Gasteiger charge is -2.08. The van der Waals surface area contributed by atoms with Gasteiger partial charge in [-0.3, -0.25) is 4.68 Å². The van der Waals surface area contributed by atoms with Crippen molar-refractivity contribution in [2.75, 3.05) is 5.75 Å². The molecule has 1 aromatic carbocycles. The summed E-state index contributed by atoms with van der Waals surface area (Å²) in [5.74, 6) is 0.492. The van der Waals surface area contributed by atoms with Gasteiger partial charge in [-0.2, -0.15) is 5.10 Å². The van der Waals surface area contributed by atoms with Crippen LogP contribution in [0.5, 0.6) is 0 Å². The van der Waals surface area contributed by atoms with E-state index in [1.165, 1.54) is 12.1 Å². The molecule has 3 nitrogen and oxygen atoms in total. The summed E-state index contributed by atoms with van der Waals surface area (Å²) in [6.07, 6.45) is 3.75. The first kappa shape index (κ1) is 13.1. The Kier molecular flexibility index (Phi) is 4.38. The van der Waals surface area contributed by atoms with Crippen molar-refractivity contribution in [3.8, 4) is 0 Å². The molecule has 5 heteroatoms. The van der Waals surface area contributed by atoms with Crippen LogP contribution < -0.4 is 5.73 Å². The molecule has 0 amide bonds. The van der Waals surface area contributed by atoms with E-state index in [4.69, 9.17) is 5.73 Å². The van der Waals surface area contributed by atoms with Crippen molar-refractivity contribution in [3.05, 3.63) is 48.0 Å². The molecule has 2 aromatic rings. The molecule has 1 unspecified atom stereocenters. The predicted molar refractivity (Wildman–Crippen MR) is 72.0 cm³/mol. The third kappa shape index (κ3) is 3.34. The van der Waals surface area contributed by atoms with Crippen LogP contribution in [0, 0.1) is 5.82 Å². The molecule has 0 aliphatic heterocycles. The number of hydrogen-bond acceptors (Lipinski definition) is 3. The summed E-state index contributed by atoms with van der Waals surface area (Å²) in [6.45, 7) is 2.87. The van der Waals surface area contributed by atoms with Gasteiger partial charge in [0.2, 0.25) is 0 Å². The van der Waals surface area contributed by atoms with Gasteiger partial charge in [0.1, 0.15) is 5.82 Å². The topological polar surface area (TPSA) is 43.8 Å². The van der Waals surface area contributed by atoms with Crippen molar-refractivity contribution in [1.82, 2.24) is 9.78 Å². The molecule has 0 spiro atoms. The molecule has 1 atom stereocenters. The second-order valence-corrected chi connectivity index (χ2v) is 5.10. The van der Waals surface area contributed by atoms with E-state index >= 15 is 0 Å². The molecular weight excluding hydrogens is 249 g/mol. The van der Waals surface area contributed by atoms with E-state index in [9.17, 15) is 4.39 Å². The molecule has 2 rings (SSSR count). The number of aryl methyl sites for hydroxylation is 1. The predicted octanol–water partition coefficient (Wildman–Crippen LogP) is 2.83. The Hall–Kier alpha value is -1.33. The Balaban J connectivity index is 1.93. The summed E-state index contributed by atoms with van der Waals surface area (Å²) in [7, 11) is 0. The summed E-state index contributed by atoms with van der Waals surface area (Å²) >= 11 is 1.55. The lowest BCUT2D eigenvalue weighted by molar-refractivity contribution is 0.624. The largest absolute Gasteiger partial charge is 0.323 e. The lowest BCUT2D eigenvalue weighted by Crippen LogP contribution is -2.12. The zero-order chi connectivity index (χ0) is 13.0. The Morgan fingerprint density at radius 1 is 1.50 bits per heavy atom. The van der Waals surface area contributed by atoms with Gasteiger partial charge in [-0.15, -0.1) is 11.8 Å². The number of thioether (sulfide) groups is 1. The number of nitrogens with zero attached hydrogens (tertiary/aromatic N) is 2. The Morgan fingerprint density at radius 2 is 2.33 bits per heavy atom. The zero-order valence-corrected chi connectivity index (χ0v) is 11.0. The molecule has 2 N–H and O–H groups in total. The van der Waals surface area contributed by atoms with Crippen LogP contribution >= 0.6 is 11.8 Å². The number of rotatable bonds is 5. The first-order chi connectivity index (χ1) is 8.69. The van der Waals surface area contributed by atoms with Gasteiger partial charge in [0, 0.05) is 35.0 Å². The highest BCUT2D eigenvalue weighted by Gasteiger charge is 2.09. The maximum Gasteiger partial charge on any atom is 0.124 e. The molecule has 0 aliphatic rings. The van der Waals surface area contributed by atoms with Crippen LogP contribution in [0.25, 0.3) is 0 Å². The highest BCUT2D eigenvalue weighted by atomic mass is 32.2. The Bertz CT molecular complexity index is 512.